The van der Waals surface area contributed by atoms with Crippen LogP contribution in [0.15, 0.2) is 24.5 Å². The smallest absolute Gasteiger partial charge is 0.407 e. The number of amides is 1. The molecule has 0 fully saturated rings. The van der Waals surface area contributed by atoms with Crippen LogP contribution in [-0.2, 0) is 11.3 Å². The molecule has 0 aliphatic carbocycles. The summed E-state index contributed by atoms with van der Waals surface area (Å²) in [5.41, 5.74) is 0.842. The van der Waals surface area contributed by atoms with Gasteiger partial charge in [-0.2, -0.15) is 0 Å². The highest BCUT2D eigenvalue weighted by Gasteiger charge is 2.00. The number of hydrogen-bond acceptors (Lipinski definition) is 4. The van der Waals surface area contributed by atoms with Crippen molar-refractivity contribution in [2.24, 2.45) is 0 Å². The average Bonchev–Trinajstić information content (AvgIpc) is 2.28. The Morgan fingerprint density at radius 1 is 1.60 bits per heavy atom. The van der Waals surface area contributed by atoms with Crippen LogP contribution in [0.25, 0.3) is 0 Å². The number of carbonyl (C=O) groups excluding carboxylic acids is 1. The normalized spacial score (nSPS) is 9.67. The predicted octanol–water partition coefficient (Wildman–Crippen LogP) is 0.690. The van der Waals surface area contributed by atoms with E-state index in [1.54, 1.807) is 18.5 Å². The topological polar surface area (TPSA) is 71.5 Å². The Labute approximate surface area is 88.1 Å². The van der Waals surface area contributed by atoms with Gasteiger partial charge in [0.25, 0.3) is 0 Å². The molecular formula is C10H14N2O3. The summed E-state index contributed by atoms with van der Waals surface area (Å²) < 4.78 is 4.90. The zero-order chi connectivity index (χ0) is 10.9. The van der Waals surface area contributed by atoms with Gasteiger partial charge in [-0.05, 0) is 12.5 Å². The van der Waals surface area contributed by atoms with Gasteiger partial charge < -0.3 is 15.2 Å². The van der Waals surface area contributed by atoms with Gasteiger partial charge in [-0.15, -0.1) is 0 Å². The molecule has 1 aromatic rings. The summed E-state index contributed by atoms with van der Waals surface area (Å²) in [4.78, 5) is 14.9. The molecule has 0 atom stereocenters. The molecule has 1 rings (SSSR count). The molecule has 2 N–H and O–H groups in total. The fourth-order valence-corrected chi connectivity index (χ4v) is 0.953. The molecule has 0 aliphatic rings. The second kappa shape index (κ2) is 6.78. The van der Waals surface area contributed by atoms with Crippen molar-refractivity contribution < 1.29 is 14.6 Å². The molecule has 0 bridgehead atoms. The molecule has 1 aromatic heterocycles. The SMILES string of the molecule is O=C(NCCCO)OCc1cccnc1. The average molecular weight is 210 g/mol. The molecular weight excluding hydrogens is 196 g/mol. The van der Waals surface area contributed by atoms with Crippen LogP contribution in [0.1, 0.15) is 12.0 Å². The van der Waals surface area contributed by atoms with Crippen molar-refractivity contribution in [1.29, 1.82) is 0 Å². The van der Waals surface area contributed by atoms with E-state index in [-0.39, 0.29) is 13.2 Å². The molecule has 1 heterocycles. The number of aliphatic hydroxyl groups excluding tert-OH is 1. The lowest BCUT2D eigenvalue weighted by Gasteiger charge is -2.05. The van der Waals surface area contributed by atoms with Crippen molar-refractivity contribution in [2.45, 2.75) is 13.0 Å². The van der Waals surface area contributed by atoms with Crippen LogP contribution < -0.4 is 5.32 Å². The third-order valence-corrected chi connectivity index (χ3v) is 1.70. The summed E-state index contributed by atoms with van der Waals surface area (Å²) in [6.07, 6.45) is 3.35. The van der Waals surface area contributed by atoms with Crippen molar-refractivity contribution in [2.75, 3.05) is 13.2 Å². The second-order valence-corrected chi connectivity index (χ2v) is 2.94. The van der Waals surface area contributed by atoms with E-state index in [0.717, 1.165) is 5.56 Å². The number of nitrogens with one attached hydrogen (secondary N) is 1. The van der Waals surface area contributed by atoms with E-state index >= 15 is 0 Å². The first-order valence-electron chi connectivity index (χ1n) is 4.73. The first-order chi connectivity index (χ1) is 7.33. The Morgan fingerprint density at radius 2 is 2.47 bits per heavy atom. The fraction of sp³-hybridized carbons (Fsp3) is 0.400. The molecule has 0 aromatic carbocycles. The molecule has 0 saturated carbocycles. The molecule has 0 spiro atoms. The van der Waals surface area contributed by atoms with Crippen LogP contribution in [0.3, 0.4) is 0 Å². The lowest BCUT2D eigenvalue weighted by molar-refractivity contribution is 0.138. The number of rotatable bonds is 5. The number of carbonyl (C=O) groups is 1. The number of nitrogens with zero attached hydrogens (tertiary/aromatic N) is 1. The molecule has 0 aliphatic heterocycles. The van der Waals surface area contributed by atoms with Gasteiger partial charge >= 0.3 is 6.09 Å². The maximum atomic E-state index is 11.1. The number of ether oxygens (including phenoxy) is 1. The number of alkyl carbamates (subject to hydrolysis) is 1. The highest BCUT2D eigenvalue weighted by molar-refractivity contribution is 5.67. The Hall–Kier alpha value is -1.62. The van der Waals surface area contributed by atoms with Gasteiger partial charge in [-0.3, -0.25) is 4.98 Å². The van der Waals surface area contributed by atoms with Gasteiger partial charge in [-0.25, -0.2) is 4.79 Å². The number of hydrogen-bond donors (Lipinski definition) is 2. The Morgan fingerprint density at radius 3 is 3.13 bits per heavy atom. The third kappa shape index (κ3) is 4.97. The van der Waals surface area contributed by atoms with Crippen LogP contribution in [-0.4, -0.2) is 29.3 Å². The molecule has 0 saturated heterocycles. The zero-order valence-corrected chi connectivity index (χ0v) is 8.35. The summed E-state index contributed by atoms with van der Waals surface area (Å²) in [5.74, 6) is 0. The largest absolute Gasteiger partial charge is 0.445 e. The number of pyridine rings is 1. The summed E-state index contributed by atoms with van der Waals surface area (Å²) >= 11 is 0. The molecule has 0 radical (unpaired) electrons. The van der Waals surface area contributed by atoms with E-state index in [0.29, 0.717) is 13.0 Å². The van der Waals surface area contributed by atoms with Crippen LogP contribution in [0.2, 0.25) is 0 Å². The minimum atomic E-state index is -0.479. The van der Waals surface area contributed by atoms with Crippen molar-refractivity contribution in [3.05, 3.63) is 30.1 Å². The van der Waals surface area contributed by atoms with Gasteiger partial charge in [0.1, 0.15) is 6.61 Å². The Kier molecular flexibility index (Phi) is 5.18. The minimum absolute atomic E-state index is 0.0584. The van der Waals surface area contributed by atoms with Crippen molar-refractivity contribution >= 4 is 6.09 Å². The van der Waals surface area contributed by atoms with Crippen LogP contribution in [0.5, 0.6) is 0 Å². The molecule has 5 heteroatoms. The molecule has 1 amide bonds. The monoisotopic (exact) mass is 210 g/mol. The van der Waals surface area contributed by atoms with Crippen LogP contribution in [0, 0.1) is 0 Å². The summed E-state index contributed by atoms with van der Waals surface area (Å²) in [6.45, 7) is 0.685. The minimum Gasteiger partial charge on any atom is -0.445 e. The van der Waals surface area contributed by atoms with Gasteiger partial charge in [0.15, 0.2) is 0 Å². The van der Waals surface area contributed by atoms with E-state index in [9.17, 15) is 4.79 Å². The van der Waals surface area contributed by atoms with E-state index in [4.69, 9.17) is 9.84 Å². The maximum absolute atomic E-state index is 11.1. The fourth-order valence-electron chi connectivity index (χ4n) is 0.953. The quantitative estimate of drug-likeness (QED) is 0.701. The van der Waals surface area contributed by atoms with E-state index < -0.39 is 6.09 Å². The van der Waals surface area contributed by atoms with Gasteiger partial charge in [0.2, 0.25) is 0 Å². The van der Waals surface area contributed by atoms with Gasteiger partial charge in [0.05, 0.1) is 0 Å². The van der Waals surface area contributed by atoms with E-state index in [1.165, 1.54) is 0 Å². The van der Waals surface area contributed by atoms with Crippen molar-refractivity contribution in [3.63, 3.8) is 0 Å². The first kappa shape index (κ1) is 11.5. The third-order valence-electron chi connectivity index (χ3n) is 1.70. The lowest BCUT2D eigenvalue weighted by atomic mass is 10.3. The summed E-state index contributed by atoms with van der Waals surface area (Å²) in [7, 11) is 0. The first-order valence-corrected chi connectivity index (χ1v) is 4.73. The molecule has 82 valence electrons. The van der Waals surface area contributed by atoms with Gasteiger partial charge in [0, 0.05) is 31.1 Å². The molecule has 15 heavy (non-hydrogen) atoms. The maximum Gasteiger partial charge on any atom is 0.407 e. The summed E-state index contributed by atoms with van der Waals surface area (Å²) in [6, 6.07) is 3.61. The number of aliphatic hydroxyl groups is 1. The number of aromatic nitrogens is 1. The molecule has 5 nitrogen and oxygen atoms in total. The molecule has 0 unspecified atom stereocenters. The van der Waals surface area contributed by atoms with Gasteiger partial charge in [-0.1, -0.05) is 6.07 Å². The Bertz CT molecular complexity index is 290. The van der Waals surface area contributed by atoms with Crippen molar-refractivity contribution in [1.82, 2.24) is 10.3 Å². The standard InChI is InChI=1S/C10H14N2O3/c13-6-2-5-12-10(14)15-8-9-3-1-4-11-7-9/h1,3-4,7,13H,2,5-6,8H2,(H,12,14). The van der Waals surface area contributed by atoms with E-state index in [2.05, 4.69) is 10.3 Å². The second-order valence-electron chi connectivity index (χ2n) is 2.94. The predicted molar refractivity (Wildman–Crippen MR) is 54.1 cm³/mol. The van der Waals surface area contributed by atoms with Crippen LogP contribution >= 0.6 is 0 Å². The van der Waals surface area contributed by atoms with Crippen LogP contribution in [0.4, 0.5) is 4.79 Å². The van der Waals surface area contributed by atoms with E-state index in [1.807, 2.05) is 6.07 Å². The summed E-state index contributed by atoms with van der Waals surface area (Å²) in [5, 5.41) is 11.0. The van der Waals surface area contributed by atoms with Crippen molar-refractivity contribution in [3.8, 4) is 0 Å². The highest BCUT2D eigenvalue weighted by atomic mass is 16.5. The highest BCUT2D eigenvalue weighted by Crippen LogP contribution is 1.97. The lowest BCUT2D eigenvalue weighted by Crippen LogP contribution is -2.25. The zero-order valence-electron chi connectivity index (χ0n) is 8.35. The Balaban J connectivity index is 2.17.